The Morgan fingerprint density at radius 1 is 1.33 bits per heavy atom. The lowest BCUT2D eigenvalue weighted by Gasteiger charge is -2.04. The van der Waals surface area contributed by atoms with Crippen LogP contribution in [0.5, 0.6) is 0 Å². The lowest BCUT2D eigenvalue weighted by atomic mass is 10.1. The zero-order valence-electron chi connectivity index (χ0n) is 11.7. The number of nitrogens with one attached hydrogen (secondary N) is 1. The molecule has 3 atom stereocenters. The number of non-ortho nitro benzene ring substituents is 1. The van der Waals surface area contributed by atoms with Gasteiger partial charge in [-0.15, -0.1) is 0 Å². The molecule has 1 fully saturated rings. The average molecular weight is 286 g/mol. The second-order valence-electron chi connectivity index (χ2n) is 5.78. The van der Waals surface area contributed by atoms with E-state index in [2.05, 4.69) is 17.5 Å². The van der Waals surface area contributed by atoms with Crippen LogP contribution in [0.1, 0.15) is 25.7 Å². The van der Waals surface area contributed by atoms with Crippen molar-refractivity contribution in [3.63, 3.8) is 0 Å². The molecule has 1 aromatic carbocycles. The van der Waals surface area contributed by atoms with E-state index in [0.717, 1.165) is 12.8 Å². The predicted molar refractivity (Wildman–Crippen MR) is 79.8 cm³/mol. The second kappa shape index (κ2) is 5.68. The molecule has 1 aromatic rings. The first-order chi connectivity index (χ1) is 10.2. The number of rotatable bonds is 3. The summed E-state index contributed by atoms with van der Waals surface area (Å²) < 4.78 is 0. The van der Waals surface area contributed by atoms with Gasteiger partial charge in [0.05, 0.1) is 4.92 Å². The first-order valence-corrected chi connectivity index (χ1v) is 7.39. The van der Waals surface area contributed by atoms with E-state index in [0.29, 0.717) is 17.5 Å². The van der Waals surface area contributed by atoms with Crippen molar-refractivity contribution in [3.8, 4) is 0 Å². The molecule has 110 valence electrons. The molecule has 1 N–H and O–H groups in total. The average Bonchev–Trinajstić information content (AvgIpc) is 3.10. The fourth-order valence-corrected chi connectivity index (χ4v) is 3.22. The van der Waals surface area contributed by atoms with E-state index in [4.69, 9.17) is 0 Å². The number of amides is 1. The molecule has 0 radical (unpaired) electrons. The summed E-state index contributed by atoms with van der Waals surface area (Å²) in [6.45, 7) is 0. The summed E-state index contributed by atoms with van der Waals surface area (Å²) in [6.07, 6.45) is 8.91. The summed E-state index contributed by atoms with van der Waals surface area (Å²) in [4.78, 5) is 22.6. The van der Waals surface area contributed by atoms with Gasteiger partial charge in [-0.3, -0.25) is 14.9 Å². The van der Waals surface area contributed by atoms with E-state index in [9.17, 15) is 14.9 Å². The van der Waals surface area contributed by atoms with Gasteiger partial charge in [0.25, 0.3) is 5.69 Å². The molecule has 2 aliphatic carbocycles. The van der Waals surface area contributed by atoms with Crippen molar-refractivity contribution in [1.82, 2.24) is 0 Å². The smallest absolute Gasteiger partial charge is 0.271 e. The number of hydrogen-bond acceptors (Lipinski definition) is 3. The third kappa shape index (κ3) is 2.96. The minimum Gasteiger partial charge on any atom is -0.326 e. The first kappa shape index (κ1) is 13.8. The van der Waals surface area contributed by atoms with Crippen LogP contribution in [0.15, 0.2) is 36.4 Å². The molecule has 1 saturated carbocycles. The fraction of sp³-hybridized carbons (Fsp3) is 0.438. The van der Waals surface area contributed by atoms with E-state index in [1.54, 1.807) is 12.1 Å². The Kier molecular flexibility index (Phi) is 3.73. The lowest BCUT2D eigenvalue weighted by Crippen LogP contribution is -2.15. The summed E-state index contributed by atoms with van der Waals surface area (Å²) >= 11 is 0. The largest absolute Gasteiger partial charge is 0.326 e. The van der Waals surface area contributed by atoms with Crippen LogP contribution in [-0.4, -0.2) is 10.8 Å². The topological polar surface area (TPSA) is 72.2 Å². The van der Waals surface area contributed by atoms with Crippen LogP contribution in [0.2, 0.25) is 0 Å². The Balaban J connectivity index is 1.67. The quantitative estimate of drug-likeness (QED) is 0.525. The minimum absolute atomic E-state index is 0.00508. The van der Waals surface area contributed by atoms with Crippen LogP contribution >= 0.6 is 0 Å². The van der Waals surface area contributed by atoms with E-state index in [1.165, 1.54) is 25.0 Å². The number of nitro benzene ring substituents is 1. The van der Waals surface area contributed by atoms with E-state index in [1.807, 2.05) is 0 Å². The van der Waals surface area contributed by atoms with E-state index >= 15 is 0 Å². The third-order valence-corrected chi connectivity index (χ3v) is 4.37. The summed E-state index contributed by atoms with van der Waals surface area (Å²) in [5, 5.41) is 13.6. The molecular formula is C16H18N2O3. The number of benzene rings is 1. The van der Waals surface area contributed by atoms with Gasteiger partial charge < -0.3 is 5.32 Å². The van der Waals surface area contributed by atoms with Crippen molar-refractivity contribution in [2.45, 2.75) is 25.7 Å². The molecule has 0 saturated heterocycles. The SMILES string of the molecule is O=C(Nc1cccc([N+](=O)[O-])c1)[C@@H]1[C@H]2/C=C\CCCC[C@H]21. The highest BCUT2D eigenvalue weighted by Crippen LogP contribution is 2.51. The first-order valence-electron chi connectivity index (χ1n) is 7.39. The number of fused-ring (bicyclic) bond motifs is 1. The number of nitrogens with zero attached hydrogens (tertiary/aromatic N) is 1. The Bertz CT molecular complexity index is 597. The van der Waals surface area contributed by atoms with Gasteiger partial charge in [-0.2, -0.15) is 0 Å². The van der Waals surface area contributed by atoms with Crippen molar-refractivity contribution < 1.29 is 9.72 Å². The summed E-state index contributed by atoms with van der Waals surface area (Å²) in [7, 11) is 0. The fourth-order valence-electron chi connectivity index (χ4n) is 3.22. The zero-order valence-corrected chi connectivity index (χ0v) is 11.7. The van der Waals surface area contributed by atoms with Crippen molar-refractivity contribution in [2.75, 3.05) is 5.32 Å². The van der Waals surface area contributed by atoms with Crippen molar-refractivity contribution in [3.05, 3.63) is 46.5 Å². The molecule has 2 aliphatic rings. The van der Waals surface area contributed by atoms with Crippen LogP contribution in [0.4, 0.5) is 11.4 Å². The number of hydrogen-bond donors (Lipinski definition) is 1. The molecule has 3 rings (SSSR count). The molecule has 5 heteroatoms. The van der Waals surface area contributed by atoms with E-state index < -0.39 is 4.92 Å². The highest BCUT2D eigenvalue weighted by Gasteiger charge is 2.52. The van der Waals surface area contributed by atoms with Gasteiger partial charge in [0.15, 0.2) is 0 Å². The van der Waals surface area contributed by atoms with Crippen molar-refractivity contribution in [2.24, 2.45) is 17.8 Å². The molecule has 21 heavy (non-hydrogen) atoms. The van der Waals surface area contributed by atoms with Gasteiger partial charge >= 0.3 is 0 Å². The second-order valence-corrected chi connectivity index (χ2v) is 5.78. The maximum atomic E-state index is 12.3. The molecular weight excluding hydrogens is 268 g/mol. The highest BCUT2D eigenvalue weighted by atomic mass is 16.6. The van der Waals surface area contributed by atoms with E-state index in [-0.39, 0.29) is 17.5 Å². The van der Waals surface area contributed by atoms with Crippen molar-refractivity contribution >= 4 is 17.3 Å². The van der Waals surface area contributed by atoms with Crippen LogP contribution in [0.3, 0.4) is 0 Å². The Morgan fingerprint density at radius 3 is 3.00 bits per heavy atom. The van der Waals surface area contributed by atoms with Crippen LogP contribution in [-0.2, 0) is 4.79 Å². The van der Waals surface area contributed by atoms with Gasteiger partial charge in [-0.25, -0.2) is 0 Å². The number of allylic oxidation sites excluding steroid dienone is 2. The molecule has 5 nitrogen and oxygen atoms in total. The maximum Gasteiger partial charge on any atom is 0.271 e. The van der Waals surface area contributed by atoms with Gasteiger partial charge in [0.2, 0.25) is 5.91 Å². The van der Waals surface area contributed by atoms with Gasteiger partial charge in [0.1, 0.15) is 0 Å². The number of carbonyl (C=O) groups is 1. The van der Waals surface area contributed by atoms with Crippen LogP contribution < -0.4 is 5.32 Å². The Morgan fingerprint density at radius 2 is 2.19 bits per heavy atom. The molecule has 0 spiro atoms. The number of nitro groups is 1. The summed E-state index contributed by atoms with van der Waals surface area (Å²) in [6, 6.07) is 6.09. The number of carbonyl (C=O) groups excluding carboxylic acids is 1. The van der Waals surface area contributed by atoms with Gasteiger partial charge in [-0.1, -0.05) is 24.6 Å². The van der Waals surface area contributed by atoms with Crippen LogP contribution in [0.25, 0.3) is 0 Å². The molecule has 0 unspecified atom stereocenters. The van der Waals surface area contributed by atoms with Gasteiger partial charge in [-0.05, 0) is 37.2 Å². The van der Waals surface area contributed by atoms with Crippen molar-refractivity contribution in [1.29, 1.82) is 0 Å². The molecule has 1 amide bonds. The summed E-state index contributed by atoms with van der Waals surface area (Å²) in [5.41, 5.74) is 0.493. The zero-order chi connectivity index (χ0) is 14.8. The minimum atomic E-state index is -0.455. The lowest BCUT2D eigenvalue weighted by molar-refractivity contribution is -0.384. The van der Waals surface area contributed by atoms with Crippen LogP contribution in [0, 0.1) is 27.9 Å². The molecule has 0 aliphatic heterocycles. The monoisotopic (exact) mass is 286 g/mol. The maximum absolute atomic E-state index is 12.3. The standard InChI is InChI=1S/C16H18N2O3/c19-16(15-13-8-3-1-2-4-9-14(13)15)17-11-6-5-7-12(10-11)18(20)21/h3,5-8,10,13-15H,1-2,4,9H2,(H,17,19)/b8-3-/t13-,14+,15+/m0/s1. The summed E-state index contributed by atoms with van der Waals surface area (Å²) in [5.74, 6) is 0.805. The Hall–Kier alpha value is -2.17. The van der Waals surface area contributed by atoms with Gasteiger partial charge in [0, 0.05) is 23.7 Å². The number of anilines is 1. The predicted octanol–water partition coefficient (Wildman–Crippen LogP) is 3.53. The normalized spacial score (nSPS) is 28.7. The molecule has 0 bridgehead atoms. The Labute approximate surface area is 123 Å². The third-order valence-electron chi connectivity index (χ3n) is 4.37. The molecule has 0 aromatic heterocycles. The highest BCUT2D eigenvalue weighted by molar-refractivity contribution is 5.95. The molecule has 0 heterocycles.